The van der Waals surface area contributed by atoms with Gasteiger partial charge in [-0.05, 0) is 36.4 Å². The highest BCUT2D eigenvalue weighted by atomic mass is 35.5. The van der Waals surface area contributed by atoms with Crippen LogP contribution < -0.4 is 15.0 Å². The summed E-state index contributed by atoms with van der Waals surface area (Å²) in [6, 6.07) is 8.68. The van der Waals surface area contributed by atoms with Crippen LogP contribution in [0.25, 0.3) is 5.69 Å². The maximum Gasteiger partial charge on any atom is 0.261 e. The molecular weight excluding hydrogens is 480 g/mol. The van der Waals surface area contributed by atoms with Crippen LogP contribution in [0.4, 0.5) is 5.69 Å². The minimum Gasteiger partial charge on any atom is -0.489 e. The highest BCUT2D eigenvalue weighted by Gasteiger charge is 2.17. The molecule has 1 aromatic carbocycles. The van der Waals surface area contributed by atoms with Crippen LogP contribution in [0, 0.1) is 0 Å². The van der Waals surface area contributed by atoms with Crippen molar-refractivity contribution < 1.29 is 24.9 Å². The molecule has 2 atom stereocenters. The SMILES string of the molecule is O=C(NCc1cn(-c2ccc(N3C=CC=CC3O)cc2OC[C@H](O)CO)cn1)c1ccc(Cl)s1. The second-order valence-electron chi connectivity index (χ2n) is 7.41. The molecule has 0 aliphatic carbocycles. The number of anilines is 1. The van der Waals surface area contributed by atoms with Crippen LogP contribution in [0.3, 0.4) is 0 Å². The van der Waals surface area contributed by atoms with E-state index in [9.17, 15) is 15.0 Å². The van der Waals surface area contributed by atoms with Gasteiger partial charge in [0.05, 0.1) is 40.1 Å². The van der Waals surface area contributed by atoms with Crippen molar-refractivity contribution in [3.05, 3.63) is 82.2 Å². The largest absolute Gasteiger partial charge is 0.489 e. The first kappa shape index (κ1) is 24.0. The average Bonchev–Trinajstić information content (AvgIpc) is 3.50. The zero-order chi connectivity index (χ0) is 24.1. The van der Waals surface area contributed by atoms with Gasteiger partial charge < -0.3 is 34.8 Å². The Labute approximate surface area is 204 Å². The van der Waals surface area contributed by atoms with E-state index in [-0.39, 0.29) is 19.1 Å². The van der Waals surface area contributed by atoms with Crippen molar-refractivity contribution >= 4 is 34.5 Å². The molecule has 2 aromatic heterocycles. The maximum absolute atomic E-state index is 12.3. The van der Waals surface area contributed by atoms with Crippen LogP contribution in [-0.2, 0) is 6.54 Å². The topological polar surface area (TPSA) is 120 Å². The molecule has 0 spiro atoms. The number of halogens is 1. The molecule has 11 heteroatoms. The number of hydrogen-bond acceptors (Lipinski definition) is 8. The van der Waals surface area contributed by atoms with E-state index in [2.05, 4.69) is 10.3 Å². The fourth-order valence-electron chi connectivity index (χ4n) is 3.24. The predicted molar refractivity (Wildman–Crippen MR) is 129 cm³/mol. The van der Waals surface area contributed by atoms with Crippen LogP contribution in [0.5, 0.6) is 5.75 Å². The van der Waals surface area contributed by atoms with E-state index in [0.717, 1.165) is 0 Å². The number of nitrogens with zero attached hydrogens (tertiary/aromatic N) is 3. The Morgan fingerprint density at radius 3 is 2.88 bits per heavy atom. The quantitative estimate of drug-likeness (QED) is 0.355. The number of nitrogens with one attached hydrogen (secondary N) is 1. The molecule has 1 aliphatic heterocycles. The third-order valence-electron chi connectivity index (χ3n) is 4.95. The Morgan fingerprint density at radius 2 is 2.15 bits per heavy atom. The third-order valence-corrected chi connectivity index (χ3v) is 6.18. The Balaban J connectivity index is 1.53. The number of ether oxygens (including phenoxy) is 1. The number of hydrogen-bond donors (Lipinski definition) is 4. The van der Waals surface area contributed by atoms with E-state index < -0.39 is 18.9 Å². The molecule has 0 bridgehead atoms. The Hall–Kier alpha value is -3.15. The number of carbonyl (C=O) groups excluding carboxylic acids is 1. The fourth-order valence-corrected chi connectivity index (χ4v) is 4.20. The summed E-state index contributed by atoms with van der Waals surface area (Å²) in [6.45, 7) is -0.333. The molecule has 0 saturated heterocycles. The zero-order valence-corrected chi connectivity index (χ0v) is 19.5. The van der Waals surface area contributed by atoms with Gasteiger partial charge in [0, 0.05) is 24.2 Å². The smallest absolute Gasteiger partial charge is 0.261 e. The highest BCUT2D eigenvalue weighted by molar-refractivity contribution is 7.17. The first-order chi connectivity index (χ1) is 16.4. The second kappa shape index (κ2) is 10.9. The minimum absolute atomic E-state index is 0.119. The predicted octanol–water partition coefficient (Wildman–Crippen LogP) is 2.46. The van der Waals surface area contributed by atoms with Crippen molar-refractivity contribution in [3.63, 3.8) is 0 Å². The van der Waals surface area contributed by atoms with Crippen LogP contribution >= 0.6 is 22.9 Å². The monoisotopic (exact) mass is 502 g/mol. The van der Waals surface area contributed by atoms with Crippen molar-refractivity contribution in [2.45, 2.75) is 18.9 Å². The molecule has 1 unspecified atom stereocenters. The number of benzene rings is 1. The number of rotatable bonds is 9. The second-order valence-corrected chi connectivity index (χ2v) is 9.12. The summed E-state index contributed by atoms with van der Waals surface area (Å²) >= 11 is 7.09. The van der Waals surface area contributed by atoms with Gasteiger partial charge in [-0.15, -0.1) is 11.3 Å². The van der Waals surface area contributed by atoms with Crippen molar-refractivity contribution in [2.24, 2.45) is 0 Å². The van der Waals surface area contributed by atoms with Crippen LogP contribution in [0.15, 0.2) is 67.3 Å². The molecule has 0 fully saturated rings. The molecule has 1 amide bonds. The van der Waals surface area contributed by atoms with Crippen molar-refractivity contribution in [3.8, 4) is 11.4 Å². The lowest BCUT2D eigenvalue weighted by molar-refractivity contribution is 0.0536. The van der Waals surface area contributed by atoms with Gasteiger partial charge in [-0.25, -0.2) is 4.98 Å². The van der Waals surface area contributed by atoms with Gasteiger partial charge in [0.15, 0.2) is 0 Å². The first-order valence-electron chi connectivity index (χ1n) is 10.4. The van der Waals surface area contributed by atoms with Crippen LogP contribution in [0.2, 0.25) is 4.34 Å². The molecule has 0 radical (unpaired) electrons. The lowest BCUT2D eigenvalue weighted by atomic mass is 10.2. The summed E-state index contributed by atoms with van der Waals surface area (Å²) in [5.74, 6) is 0.182. The normalized spacial score (nSPS) is 16.0. The number of carbonyl (C=O) groups is 1. The number of aliphatic hydroxyl groups excluding tert-OH is 3. The summed E-state index contributed by atoms with van der Waals surface area (Å²) < 4.78 is 8.06. The fraction of sp³-hybridized carbons (Fsp3) is 0.217. The van der Waals surface area contributed by atoms with E-state index in [1.807, 2.05) is 6.07 Å². The van der Waals surface area contributed by atoms with E-state index in [0.29, 0.717) is 32.0 Å². The number of thiophene rings is 1. The summed E-state index contributed by atoms with van der Waals surface area (Å²) in [5.41, 5.74) is 1.93. The molecular formula is C23H23ClN4O5S. The van der Waals surface area contributed by atoms with E-state index in [4.69, 9.17) is 21.4 Å². The summed E-state index contributed by atoms with van der Waals surface area (Å²) in [4.78, 5) is 18.8. The molecule has 3 heterocycles. The molecule has 4 N–H and O–H groups in total. The number of aromatic nitrogens is 2. The van der Waals surface area contributed by atoms with Crippen LogP contribution in [-0.4, -0.2) is 56.3 Å². The molecule has 9 nitrogen and oxygen atoms in total. The standard InChI is InChI=1S/C23H23ClN4O5S/c24-21-7-6-20(34-21)23(32)25-10-15-11-27(14-26-15)18-5-4-16(28-8-2-1-3-22(28)31)9-19(18)33-13-17(30)12-29/h1-9,11,14,17,22,29-31H,10,12-13H2,(H,25,32)/t17-,22?/m1/s1. The summed E-state index contributed by atoms with van der Waals surface area (Å²) in [7, 11) is 0. The number of amides is 1. The maximum atomic E-state index is 12.3. The lowest BCUT2D eigenvalue weighted by Gasteiger charge is -2.27. The molecule has 34 heavy (non-hydrogen) atoms. The summed E-state index contributed by atoms with van der Waals surface area (Å²) in [6.07, 6.45) is 8.42. The van der Waals surface area contributed by atoms with Gasteiger partial charge in [0.25, 0.3) is 5.91 Å². The van der Waals surface area contributed by atoms with Crippen molar-refractivity contribution in [1.82, 2.24) is 14.9 Å². The number of allylic oxidation sites excluding steroid dienone is 2. The number of imidazole rings is 1. The van der Waals surface area contributed by atoms with Crippen molar-refractivity contribution in [2.75, 3.05) is 18.1 Å². The van der Waals surface area contributed by atoms with E-state index in [1.54, 1.807) is 70.7 Å². The van der Waals surface area contributed by atoms with Gasteiger partial charge in [-0.1, -0.05) is 17.7 Å². The Morgan fingerprint density at radius 1 is 1.29 bits per heavy atom. The van der Waals surface area contributed by atoms with Gasteiger partial charge in [0.1, 0.15) is 24.7 Å². The van der Waals surface area contributed by atoms with Gasteiger partial charge in [-0.3, -0.25) is 4.79 Å². The first-order valence-corrected chi connectivity index (χ1v) is 11.6. The summed E-state index contributed by atoms with van der Waals surface area (Å²) in [5, 5.41) is 32.0. The third kappa shape index (κ3) is 5.66. The average molecular weight is 503 g/mol. The zero-order valence-electron chi connectivity index (χ0n) is 17.9. The van der Waals surface area contributed by atoms with Crippen molar-refractivity contribution in [1.29, 1.82) is 0 Å². The molecule has 4 rings (SSSR count). The highest BCUT2D eigenvalue weighted by Crippen LogP contribution is 2.31. The Kier molecular flexibility index (Phi) is 7.66. The van der Waals surface area contributed by atoms with Gasteiger partial charge in [0.2, 0.25) is 0 Å². The van der Waals surface area contributed by atoms with Gasteiger partial charge in [-0.2, -0.15) is 0 Å². The number of aliphatic hydroxyl groups is 3. The van der Waals surface area contributed by atoms with E-state index >= 15 is 0 Å². The molecule has 0 saturated carbocycles. The van der Waals surface area contributed by atoms with E-state index in [1.165, 1.54) is 11.3 Å². The van der Waals surface area contributed by atoms with Crippen LogP contribution in [0.1, 0.15) is 15.4 Å². The Bertz CT molecular complexity index is 1210. The molecule has 178 valence electrons. The molecule has 3 aromatic rings. The minimum atomic E-state index is -1.04. The molecule has 1 aliphatic rings. The van der Waals surface area contributed by atoms with Gasteiger partial charge >= 0.3 is 0 Å². The lowest BCUT2D eigenvalue weighted by Crippen LogP contribution is -2.30.